The van der Waals surface area contributed by atoms with Crippen molar-refractivity contribution in [2.45, 2.75) is 6.42 Å². The van der Waals surface area contributed by atoms with E-state index in [4.69, 9.17) is 5.73 Å². The molecule has 0 bridgehead atoms. The Kier molecular flexibility index (Phi) is 2.45. The molecule has 0 aliphatic heterocycles. The molecular formula is C11H9N3OS2. The largest absolute Gasteiger partial charge is 0.498 e. The fraction of sp³-hybridized carbons (Fsp3) is 0.0909. The van der Waals surface area contributed by atoms with E-state index < -0.39 is 0 Å². The van der Waals surface area contributed by atoms with Crippen molar-refractivity contribution >= 4 is 38.0 Å². The van der Waals surface area contributed by atoms with Gasteiger partial charge in [0.05, 0.1) is 15.2 Å². The monoisotopic (exact) mass is 263 g/mol. The second kappa shape index (κ2) is 3.97. The van der Waals surface area contributed by atoms with Crippen molar-refractivity contribution in [3.8, 4) is 5.06 Å². The number of aromatic hydroxyl groups is 1. The number of anilines is 1. The third kappa shape index (κ3) is 1.96. The molecule has 0 atom stereocenters. The first-order chi connectivity index (χ1) is 8.22. The van der Waals surface area contributed by atoms with E-state index in [1.807, 2.05) is 24.3 Å². The average Bonchev–Trinajstić information content (AvgIpc) is 2.82. The van der Waals surface area contributed by atoms with Crippen LogP contribution in [-0.2, 0) is 6.42 Å². The van der Waals surface area contributed by atoms with Crippen LogP contribution in [0, 0.1) is 0 Å². The molecule has 86 valence electrons. The van der Waals surface area contributed by atoms with E-state index >= 15 is 0 Å². The highest BCUT2D eigenvalue weighted by atomic mass is 32.1. The number of rotatable bonds is 2. The van der Waals surface area contributed by atoms with Gasteiger partial charge >= 0.3 is 0 Å². The number of fused-ring (bicyclic) bond motifs is 1. The summed E-state index contributed by atoms with van der Waals surface area (Å²) < 4.78 is 1.14. The maximum absolute atomic E-state index is 9.62. The summed E-state index contributed by atoms with van der Waals surface area (Å²) in [5.74, 6) is 0. The number of nitrogens with zero attached hydrogens (tertiary/aromatic N) is 2. The third-order valence-corrected chi connectivity index (χ3v) is 4.12. The van der Waals surface area contributed by atoms with Gasteiger partial charge in [0.1, 0.15) is 5.69 Å². The SMILES string of the molecule is Nc1nc(Cc2nc3ccccc3s2)c(O)s1. The number of hydrogen-bond acceptors (Lipinski definition) is 6. The number of para-hydroxylation sites is 1. The highest BCUT2D eigenvalue weighted by molar-refractivity contribution is 7.18. The van der Waals surface area contributed by atoms with Gasteiger partial charge in [-0.1, -0.05) is 23.5 Å². The zero-order valence-electron chi connectivity index (χ0n) is 8.75. The van der Waals surface area contributed by atoms with Crippen molar-refractivity contribution in [3.05, 3.63) is 35.0 Å². The van der Waals surface area contributed by atoms with Gasteiger partial charge in [-0.3, -0.25) is 0 Å². The highest BCUT2D eigenvalue weighted by Crippen LogP contribution is 2.31. The molecule has 0 radical (unpaired) electrons. The van der Waals surface area contributed by atoms with Crippen LogP contribution in [0.5, 0.6) is 5.06 Å². The van der Waals surface area contributed by atoms with Crippen LogP contribution in [0.2, 0.25) is 0 Å². The maximum atomic E-state index is 9.62. The standard InChI is InChI=1S/C11H9N3OS2/c12-11-14-7(10(15)17-11)5-9-13-6-3-1-2-4-8(6)16-9/h1-4,15H,5H2,(H2,12,14). The van der Waals surface area contributed by atoms with Gasteiger partial charge in [0.25, 0.3) is 0 Å². The molecule has 0 amide bonds. The van der Waals surface area contributed by atoms with Crippen LogP contribution in [0.1, 0.15) is 10.7 Å². The van der Waals surface area contributed by atoms with Crippen molar-refractivity contribution in [3.63, 3.8) is 0 Å². The lowest BCUT2D eigenvalue weighted by Crippen LogP contribution is -1.89. The van der Waals surface area contributed by atoms with E-state index in [2.05, 4.69) is 9.97 Å². The molecule has 2 aromatic heterocycles. The second-order valence-corrected chi connectivity index (χ2v) is 5.68. The number of thiazole rings is 2. The van der Waals surface area contributed by atoms with Crippen LogP contribution in [0.25, 0.3) is 10.2 Å². The molecule has 0 aliphatic rings. The zero-order valence-corrected chi connectivity index (χ0v) is 10.4. The molecular weight excluding hydrogens is 254 g/mol. The molecule has 3 aromatic rings. The average molecular weight is 263 g/mol. The van der Waals surface area contributed by atoms with Gasteiger partial charge in [0.2, 0.25) is 0 Å². The Labute approximate surface area is 105 Å². The lowest BCUT2D eigenvalue weighted by atomic mass is 10.3. The smallest absolute Gasteiger partial charge is 0.197 e. The summed E-state index contributed by atoms with van der Waals surface area (Å²) in [6, 6.07) is 7.96. The van der Waals surface area contributed by atoms with Gasteiger partial charge < -0.3 is 10.8 Å². The maximum Gasteiger partial charge on any atom is 0.197 e. The molecule has 0 spiro atoms. The molecule has 0 saturated heterocycles. The lowest BCUT2D eigenvalue weighted by Gasteiger charge is -1.91. The summed E-state index contributed by atoms with van der Waals surface area (Å²) in [4.78, 5) is 8.58. The molecule has 2 heterocycles. The minimum Gasteiger partial charge on any atom is -0.498 e. The Balaban J connectivity index is 1.97. The molecule has 0 aliphatic carbocycles. The Morgan fingerprint density at radius 2 is 2.00 bits per heavy atom. The predicted octanol–water partition coefficient (Wildman–Crippen LogP) is 2.63. The molecule has 0 saturated carbocycles. The second-order valence-electron chi connectivity index (χ2n) is 3.56. The van der Waals surface area contributed by atoms with Crippen LogP contribution in [0.3, 0.4) is 0 Å². The van der Waals surface area contributed by atoms with Crippen molar-refractivity contribution in [2.24, 2.45) is 0 Å². The lowest BCUT2D eigenvalue weighted by molar-refractivity contribution is 0.483. The zero-order chi connectivity index (χ0) is 11.8. The molecule has 3 N–H and O–H groups in total. The molecule has 1 aromatic carbocycles. The summed E-state index contributed by atoms with van der Waals surface area (Å²) in [5.41, 5.74) is 7.12. The minimum atomic E-state index is 0.182. The number of benzene rings is 1. The normalized spacial score (nSPS) is 11.1. The summed E-state index contributed by atoms with van der Waals surface area (Å²) in [6.07, 6.45) is 0.527. The van der Waals surface area contributed by atoms with E-state index in [1.54, 1.807) is 11.3 Å². The van der Waals surface area contributed by atoms with Crippen LogP contribution >= 0.6 is 22.7 Å². The molecule has 4 nitrogen and oxygen atoms in total. The van der Waals surface area contributed by atoms with Gasteiger partial charge in [-0.2, -0.15) is 0 Å². The van der Waals surface area contributed by atoms with Crippen molar-refractivity contribution in [1.82, 2.24) is 9.97 Å². The van der Waals surface area contributed by atoms with Gasteiger partial charge in [-0.25, -0.2) is 9.97 Å². The fourth-order valence-electron chi connectivity index (χ4n) is 1.62. The Morgan fingerprint density at radius 3 is 2.71 bits per heavy atom. The fourth-order valence-corrected chi connectivity index (χ4v) is 3.18. The molecule has 17 heavy (non-hydrogen) atoms. The molecule has 6 heteroatoms. The van der Waals surface area contributed by atoms with E-state index in [1.165, 1.54) is 0 Å². The van der Waals surface area contributed by atoms with Gasteiger partial charge in [-0.15, -0.1) is 11.3 Å². The Bertz CT molecular complexity index is 641. The summed E-state index contributed by atoms with van der Waals surface area (Å²) in [6.45, 7) is 0. The number of nitrogen functional groups attached to an aromatic ring is 1. The topological polar surface area (TPSA) is 72.0 Å². The van der Waals surface area contributed by atoms with E-state index in [0.29, 0.717) is 17.2 Å². The van der Waals surface area contributed by atoms with Gasteiger partial charge in [0, 0.05) is 6.42 Å². The van der Waals surface area contributed by atoms with Gasteiger partial charge in [0.15, 0.2) is 10.2 Å². The summed E-state index contributed by atoms with van der Waals surface area (Å²) >= 11 is 2.71. The van der Waals surface area contributed by atoms with Crippen molar-refractivity contribution < 1.29 is 5.11 Å². The Morgan fingerprint density at radius 1 is 1.18 bits per heavy atom. The summed E-state index contributed by atoms with van der Waals surface area (Å²) in [5, 5.41) is 11.1. The van der Waals surface area contributed by atoms with Crippen LogP contribution in [0.15, 0.2) is 24.3 Å². The van der Waals surface area contributed by atoms with E-state index in [-0.39, 0.29) is 5.06 Å². The first-order valence-electron chi connectivity index (χ1n) is 5.01. The molecule has 0 fully saturated rings. The van der Waals surface area contributed by atoms with Crippen LogP contribution in [0.4, 0.5) is 5.13 Å². The van der Waals surface area contributed by atoms with E-state index in [0.717, 1.165) is 26.6 Å². The predicted molar refractivity (Wildman–Crippen MR) is 70.6 cm³/mol. The summed E-state index contributed by atoms with van der Waals surface area (Å²) in [7, 11) is 0. The number of hydrogen-bond donors (Lipinski definition) is 2. The Hall–Kier alpha value is -1.66. The molecule has 0 unspecified atom stereocenters. The quantitative estimate of drug-likeness (QED) is 0.745. The minimum absolute atomic E-state index is 0.182. The molecule has 3 rings (SSSR count). The van der Waals surface area contributed by atoms with Crippen LogP contribution in [-0.4, -0.2) is 15.1 Å². The number of aromatic nitrogens is 2. The highest BCUT2D eigenvalue weighted by Gasteiger charge is 2.11. The first kappa shape index (κ1) is 10.5. The van der Waals surface area contributed by atoms with Gasteiger partial charge in [-0.05, 0) is 12.1 Å². The van der Waals surface area contributed by atoms with Crippen molar-refractivity contribution in [1.29, 1.82) is 0 Å². The van der Waals surface area contributed by atoms with Crippen molar-refractivity contribution in [2.75, 3.05) is 5.73 Å². The number of nitrogens with two attached hydrogens (primary N) is 1. The van der Waals surface area contributed by atoms with E-state index in [9.17, 15) is 5.11 Å². The van der Waals surface area contributed by atoms with Crippen LogP contribution < -0.4 is 5.73 Å². The first-order valence-corrected chi connectivity index (χ1v) is 6.64. The third-order valence-electron chi connectivity index (χ3n) is 2.35.